The quantitative estimate of drug-likeness (QED) is 0.610. The Morgan fingerprint density at radius 2 is 2.13 bits per heavy atom. The molecule has 4 aromatic heterocycles. The molecule has 0 radical (unpaired) electrons. The van der Waals surface area contributed by atoms with Crippen molar-refractivity contribution in [2.45, 2.75) is 13.5 Å². The molecule has 0 aliphatic carbocycles. The van der Waals surface area contributed by atoms with Crippen LogP contribution < -0.4 is 5.32 Å². The van der Waals surface area contributed by atoms with Crippen molar-refractivity contribution < 1.29 is 4.79 Å². The van der Waals surface area contributed by atoms with Crippen molar-refractivity contribution in [2.75, 3.05) is 0 Å². The number of nitrogens with zero attached hydrogens (tertiary/aromatic N) is 6. The molecule has 4 aromatic rings. The lowest BCUT2D eigenvalue weighted by molar-refractivity contribution is 0.0950. The summed E-state index contributed by atoms with van der Waals surface area (Å²) in [6.45, 7) is 2.06. The van der Waals surface area contributed by atoms with Crippen molar-refractivity contribution in [2.24, 2.45) is 0 Å². The summed E-state index contributed by atoms with van der Waals surface area (Å²) in [6, 6.07) is 7.41. The van der Waals surface area contributed by atoms with Crippen LogP contribution in [0, 0.1) is 6.92 Å². The van der Waals surface area contributed by atoms with Crippen LogP contribution in [0.2, 0.25) is 0 Å². The second-order valence-electron chi connectivity index (χ2n) is 5.08. The van der Waals surface area contributed by atoms with Gasteiger partial charge in [-0.25, -0.2) is 9.50 Å². The van der Waals surface area contributed by atoms with E-state index in [0.717, 1.165) is 5.65 Å². The molecule has 1 N–H and O–H groups in total. The zero-order valence-corrected chi connectivity index (χ0v) is 12.3. The van der Waals surface area contributed by atoms with Gasteiger partial charge in [0, 0.05) is 18.6 Å². The van der Waals surface area contributed by atoms with E-state index in [1.807, 2.05) is 28.8 Å². The Morgan fingerprint density at radius 1 is 1.22 bits per heavy atom. The second kappa shape index (κ2) is 5.16. The molecule has 0 saturated carbocycles. The van der Waals surface area contributed by atoms with E-state index in [1.54, 1.807) is 29.9 Å². The normalized spacial score (nSPS) is 11.2. The van der Waals surface area contributed by atoms with E-state index >= 15 is 0 Å². The highest BCUT2D eigenvalue weighted by Crippen LogP contribution is 2.12. The van der Waals surface area contributed by atoms with Crippen LogP contribution in [0.4, 0.5) is 0 Å². The maximum atomic E-state index is 12.5. The minimum absolute atomic E-state index is 0.233. The standard InChI is InChI=1S/C15H13N7O/c1-10-13(14-16-6-4-8-22(14)20-10)15(23)17-9-12-19-18-11-5-2-3-7-21(11)12/h2-8H,9H2,1H3,(H,17,23). The van der Waals surface area contributed by atoms with Gasteiger partial charge in [-0.3, -0.25) is 9.20 Å². The number of rotatable bonds is 3. The molecule has 0 aliphatic rings. The van der Waals surface area contributed by atoms with Gasteiger partial charge in [0.1, 0.15) is 5.56 Å². The third-order valence-corrected chi connectivity index (χ3v) is 3.59. The summed E-state index contributed by atoms with van der Waals surface area (Å²) in [7, 11) is 0. The lowest BCUT2D eigenvalue weighted by atomic mass is 10.2. The van der Waals surface area contributed by atoms with Crippen molar-refractivity contribution in [3.63, 3.8) is 0 Å². The number of carbonyl (C=O) groups excluding carboxylic acids is 1. The fourth-order valence-electron chi connectivity index (χ4n) is 2.52. The summed E-state index contributed by atoms with van der Waals surface area (Å²) < 4.78 is 3.43. The molecule has 1 amide bonds. The number of aryl methyl sites for hydroxylation is 1. The molecule has 8 nitrogen and oxygen atoms in total. The SMILES string of the molecule is Cc1nn2cccnc2c1C(=O)NCc1nnc2ccccn12. The van der Waals surface area contributed by atoms with Crippen molar-refractivity contribution >= 4 is 17.2 Å². The topological polar surface area (TPSA) is 89.5 Å². The monoisotopic (exact) mass is 307 g/mol. The van der Waals surface area contributed by atoms with Gasteiger partial charge < -0.3 is 5.32 Å². The van der Waals surface area contributed by atoms with Gasteiger partial charge >= 0.3 is 0 Å². The maximum Gasteiger partial charge on any atom is 0.257 e. The fraction of sp³-hybridized carbons (Fsp3) is 0.133. The Bertz CT molecular complexity index is 1020. The molecule has 4 rings (SSSR count). The number of pyridine rings is 1. The molecule has 0 unspecified atom stereocenters. The van der Waals surface area contributed by atoms with Crippen LogP contribution in [-0.4, -0.2) is 35.1 Å². The van der Waals surface area contributed by atoms with Gasteiger partial charge in [-0.15, -0.1) is 10.2 Å². The first-order valence-electron chi connectivity index (χ1n) is 7.11. The summed E-state index contributed by atoms with van der Waals surface area (Å²) in [6.07, 6.45) is 5.26. The number of aromatic nitrogens is 6. The molecule has 0 bridgehead atoms. The van der Waals surface area contributed by atoms with Gasteiger partial charge in [0.05, 0.1) is 12.2 Å². The Balaban J connectivity index is 1.61. The molecule has 0 aliphatic heterocycles. The lowest BCUT2D eigenvalue weighted by Gasteiger charge is -2.03. The number of hydrogen-bond acceptors (Lipinski definition) is 5. The molecular formula is C15H13N7O. The van der Waals surface area contributed by atoms with Gasteiger partial charge in [0.25, 0.3) is 5.91 Å². The molecule has 0 saturated heterocycles. The van der Waals surface area contributed by atoms with Crippen LogP contribution in [-0.2, 0) is 6.54 Å². The largest absolute Gasteiger partial charge is 0.345 e. The molecule has 23 heavy (non-hydrogen) atoms. The van der Waals surface area contributed by atoms with Crippen molar-refractivity contribution in [3.05, 3.63) is 59.9 Å². The summed E-state index contributed by atoms with van der Waals surface area (Å²) in [4.78, 5) is 16.7. The van der Waals surface area contributed by atoms with Crippen LogP contribution >= 0.6 is 0 Å². The predicted octanol–water partition coefficient (Wildman–Crippen LogP) is 1.01. The Kier molecular flexibility index (Phi) is 3.00. The van der Waals surface area contributed by atoms with Crippen molar-refractivity contribution in [3.8, 4) is 0 Å². The average molecular weight is 307 g/mol. The van der Waals surface area contributed by atoms with E-state index in [4.69, 9.17) is 0 Å². The third-order valence-electron chi connectivity index (χ3n) is 3.59. The molecule has 0 fully saturated rings. The van der Waals surface area contributed by atoms with Crippen molar-refractivity contribution in [1.82, 2.24) is 34.5 Å². The molecule has 114 valence electrons. The van der Waals surface area contributed by atoms with E-state index in [0.29, 0.717) is 22.7 Å². The summed E-state index contributed by atoms with van der Waals surface area (Å²) in [5.74, 6) is 0.430. The van der Waals surface area contributed by atoms with Gasteiger partial charge in [-0.05, 0) is 25.1 Å². The Hall–Kier alpha value is -3.29. The highest BCUT2D eigenvalue weighted by Gasteiger charge is 2.18. The Labute approximate surface area is 130 Å². The summed E-state index contributed by atoms with van der Waals surface area (Å²) in [5.41, 5.74) is 2.38. The molecule has 0 atom stereocenters. The Morgan fingerprint density at radius 3 is 3.04 bits per heavy atom. The second-order valence-corrected chi connectivity index (χ2v) is 5.08. The molecular weight excluding hydrogens is 294 g/mol. The summed E-state index contributed by atoms with van der Waals surface area (Å²) >= 11 is 0. The third kappa shape index (κ3) is 2.20. The van der Waals surface area contributed by atoms with E-state index in [9.17, 15) is 4.79 Å². The van der Waals surface area contributed by atoms with Crippen LogP contribution in [0.15, 0.2) is 42.9 Å². The van der Waals surface area contributed by atoms with Gasteiger partial charge in [0.2, 0.25) is 0 Å². The summed E-state index contributed by atoms with van der Waals surface area (Å²) in [5, 5.41) is 15.3. The zero-order chi connectivity index (χ0) is 15.8. The van der Waals surface area contributed by atoms with Gasteiger partial charge in [-0.1, -0.05) is 6.07 Å². The fourth-order valence-corrected chi connectivity index (χ4v) is 2.52. The minimum atomic E-state index is -0.233. The number of nitrogens with one attached hydrogen (secondary N) is 1. The molecule has 8 heteroatoms. The maximum absolute atomic E-state index is 12.5. The predicted molar refractivity (Wildman–Crippen MR) is 81.9 cm³/mol. The zero-order valence-electron chi connectivity index (χ0n) is 12.3. The number of fused-ring (bicyclic) bond motifs is 2. The first-order valence-corrected chi connectivity index (χ1v) is 7.11. The highest BCUT2D eigenvalue weighted by atomic mass is 16.1. The number of amides is 1. The van der Waals surface area contributed by atoms with E-state index in [-0.39, 0.29) is 12.5 Å². The lowest BCUT2D eigenvalue weighted by Crippen LogP contribution is -2.24. The van der Waals surface area contributed by atoms with Crippen LogP contribution in [0.25, 0.3) is 11.3 Å². The first kappa shape index (κ1) is 13.4. The van der Waals surface area contributed by atoms with Gasteiger partial charge in [-0.2, -0.15) is 5.10 Å². The number of carbonyl (C=O) groups is 1. The molecule has 0 aromatic carbocycles. The average Bonchev–Trinajstić information content (AvgIpc) is 3.12. The van der Waals surface area contributed by atoms with E-state index in [2.05, 4.69) is 25.6 Å². The van der Waals surface area contributed by atoms with E-state index in [1.165, 1.54) is 0 Å². The molecule has 0 spiro atoms. The smallest absolute Gasteiger partial charge is 0.257 e. The first-order chi connectivity index (χ1) is 11.2. The van der Waals surface area contributed by atoms with Gasteiger partial charge in [0.15, 0.2) is 17.1 Å². The molecule has 4 heterocycles. The highest BCUT2D eigenvalue weighted by molar-refractivity contribution is 6.00. The van der Waals surface area contributed by atoms with Crippen LogP contribution in [0.3, 0.4) is 0 Å². The van der Waals surface area contributed by atoms with Crippen molar-refractivity contribution in [1.29, 1.82) is 0 Å². The van der Waals surface area contributed by atoms with Crippen LogP contribution in [0.5, 0.6) is 0 Å². The van der Waals surface area contributed by atoms with Crippen LogP contribution in [0.1, 0.15) is 21.9 Å². The van der Waals surface area contributed by atoms with E-state index < -0.39 is 0 Å². The minimum Gasteiger partial charge on any atom is -0.345 e. The number of hydrogen-bond donors (Lipinski definition) is 1.